The number of fused-ring (bicyclic) bond motifs is 1. The maximum atomic E-state index is 6.08. The fraction of sp³-hybridized carbons (Fsp3) is 0.278. The summed E-state index contributed by atoms with van der Waals surface area (Å²) in [6.45, 7) is 5.22. The molecular weight excluding hydrogens is 258 g/mol. The maximum absolute atomic E-state index is 6.08. The van der Waals surface area contributed by atoms with Crippen LogP contribution in [-0.2, 0) is 6.54 Å². The largest absolute Gasteiger partial charge is 0.369 e. The first-order valence-electron chi connectivity index (χ1n) is 7.42. The van der Waals surface area contributed by atoms with Gasteiger partial charge in [0.2, 0.25) is 5.95 Å². The number of anilines is 1. The second-order valence-corrected chi connectivity index (χ2v) is 5.71. The lowest BCUT2D eigenvalue weighted by atomic mass is 9.98. The fourth-order valence-electron chi connectivity index (χ4n) is 2.76. The minimum absolute atomic E-state index is 0.508. The van der Waals surface area contributed by atoms with Crippen LogP contribution in [0.5, 0.6) is 0 Å². The van der Waals surface area contributed by atoms with Gasteiger partial charge in [-0.25, -0.2) is 4.98 Å². The summed E-state index contributed by atoms with van der Waals surface area (Å²) in [6.07, 6.45) is 1.05. The van der Waals surface area contributed by atoms with Crippen molar-refractivity contribution < 1.29 is 0 Å². The van der Waals surface area contributed by atoms with Crippen molar-refractivity contribution >= 4 is 17.0 Å². The summed E-state index contributed by atoms with van der Waals surface area (Å²) in [4.78, 5) is 4.47. The van der Waals surface area contributed by atoms with E-state index in [2.05, 4.69) is 71.9 Å². The summed E-state index contributed by atoms with van der Waals surface area (Å²) in [5, 5.41) is 0. The van der Waals surface area contributed by atoms with E-state index in [0.29, 0.717) is 11.9 Å². The number of hydrogen-bond donors (Lipinski definition) is 1. The molecule has 0 saturated carbocycles. The minimum atomic E-state index is 0.508. The van der Waals surface area contributed by atoms with Crippen molar-refractivity contribution in [1.82, 2.24) is 9.55 Å². The highest BCUT2D eigenvalue weighted by Gasteiger charge is 2.10. The van der Waals surface area contributed by atoms with Gasteiger partial charge in [-0.1, -0.05) is 43.3 Å². The Morgan fingerprint density at radius 2 is 1.90 bits per heavy atom. The summed E-state index contributed by atoms with van der Waals surface area (Å²) in [6, 6.07) is 16.9. The molecule has 0 aliphatic heterocycles. The number of hydrogen-bond acceptors (Lipinski definition) is 2. The zero-order valence-electron chi connectivity index (χ0n) is 12.6. The molecular formula is C18H21N3. The van der Waals surface area contributed by atoms with Crippen LogP contribution in [0.4, 0.5) is 5.95 Å². The van der Waals surface area contributed by atoms with Crippen LogP contribution in [0, 0.1) is 6.92 Å². The predicted octanol–water partition coefficient (Wildman–Crippen LogP) is 4.12. The molecule has 0 radical (unpaired) electrons. The molecule has 0 fully saturated rings. The Labute approximate surface area is 125 Å². The van der Waals surface area contributed by atoms with Gasteiger partial charge in [-0.15, -0.1) is 0 Å². The molecule has 3 heteroatoms. The van der Waals surface area contributed by atoms with Crippen LogP contribution < -0.4 is 5.73 Å². The summed E-state index contributed by atoms with van der Waals surface area (Å²) in [5.74, 6) is 1.12. The summed E-state index contributed by atoms with van der Waals surface area (Å²) >= 11 is 0. The molecule has 3 rings (SSSR count). The Bertz CT molecular complexity index is 744. The number of rotatable bonds is 4. The van der Waals surface area contributed by atoms with E-state index in [1.54, 1.807) is 0 Å². The van der Waals surface area contributed by atoms with Crippen LogP contribution in [0.1, 0.15) is 30.4 Å². The van der Waals surface area contributed by atoms with Crippen molar-refractivity contribution in [2.24, 2.45) is 0 Å². The number of nitrogens with two attached hydrogens (primary N) is 1. The lowest BCUT2D eigenvalue weighted by Crippen LogP contribution is -2.06. The van der Waals surface area contributed by atoms with Crippen LogP contribution in [0.3, 0.4) is 0 Å². The van der Waals surface area contributed by atoms with Crippen molar-refractivity contribution in [3.8, 4) is 0 Å². The SMILES string of the molecule is Cc1ccc2c(c1)nc(N)n2CCC(C)c1ccccc1. The first-order chi connectivity index (χ1) is 10.1. The highest BCUT2D eigenvalue weighted by atomic mass is 15.1. The van der Waals surface area contributed by atoms with E-state index in [1.807, 2.05) is 0 Å². The lowest BCUT2D eigenvalue weighted by Gasteiger charge is -2.13. The topological polar surface area (TPSA) is 43.8 Å². The van der Waals surface area contributed by atoms with Crippen LogP contribution >= 0.6 is 0 Å². The monoisotopic (exact) mass is 279 g/mol. The minimum Gasteiger partial charge on any atom is -0.369 e. The number of benzene rings is 2. The Balaban J connectivity index is 1.81. The zero-order valence-corrected chi connectivity index (χ0v) is 12.6. The zero-order chi connectivity index (χ0) is 14.8. The van der Waals surface area contributed by atoms with E-state index < -0.39 is 0 Å². The molecule has 3 aromatic rings. The van der Waals surface area contributed by atoms with Crippen molar-refractivity contribution in [3.05, 3.63) is 59.7 Å². The number of nitrogens with zero attached hydrogens (tertiary/aromatic N) is 2. The quantitative estimate of drug-likeness (QED) is 0.780. The lowest BCUT2D eigenvalue weighted by molar-refractivity contribution is 0.590. The molecule has 21 heavy (non-hydrogen) atoms. The van der Waals surface area contributed by atoms with Crippen LogP contribution in [0.15, 0.2) is 48.5 Å². The van der Waals surface area contributed by atoms with E-state index in [9.17, 15) is 0 Å². The molecule has 1 heterocycles. The Morgan fingerprint density at radius 1 is 1.14 bits per heavy atom. The van der Waals surface area contributed by atoms with E-state index in [-0.39, 0.29) is 0 Å². The normalized spacial score (nSPS) is 12.7. The van der Waals surface area contributed by atoms with Gasteiger partial charge >= 0.3 is 0 Å². The molecule has 108 valence electrons. The van der Waals surface area contributed by atoms with Gasteiger partial charge in [0, 0.05) is 6.54 Å². The smallest absolute Gasteiger partial charge is 0.201 e. The number of aryl methyl sites for hydroxylation is 2. The van der Waals surface area contributed by atoms with Crippen molar-refractivity contribution in [3.63, 3.8) is 0 Å². The first-order valence-corrected chi connectivity index (χ1v) is 7.42. The van der Waals surface area contributed by atoms with Gasteiger partial charge in [0.15, 0.2) is 0 Å². The van der Waals surface area contributed by atoms with Crippen molar-refractivity contribution in [1.29, 1.82) is 0 Å². The van der Waals surface area contributed by atoms with Crippen LogP contribution in [0.25, 0.3) is 11.0 Å². The number of imidazole rings is 1. The molecule has 0 aliphatic carbocycles. The standard InChI is InChI=1S/C18H21N3/c1-13-8-9-17-16(12-13)20-18(19)21(17)11-10-14(2)15-6-4-3-5-7-15/h3-9,12,14H,10-11H2,1-2H3,(H2,19,20). The van der Waals surface area contributed by atoms with Gasteiger partial charge in [-0.2, -0.15) is 0 Å². The summed E-state index contributed by atoms with van der Waals surface area (Å²) in [7, 11) is 0. The first kappa shape index (κ1) is 13.7. The number of nitrogen functional groups attached to an aromatic ring is 1. The van der Waals surface area contributed by atoms with E-state index in [1.165, 1.54) is 11.1 Å². The molecule has 0 aliphatic rings. The molecule has 2 N–H and O–H groups in total. The van der Waals surface area contributed by atoms with Gasteiger partial charge in [-0.05, 0) is 42.5 Å². The molecule has 1 unspecified atom stereocenters. The van der Waals surface area contributed by atoms with Gasteiger partial charge in [0.25, 0.3) is 0 Å². The molecule has 3 nitrogen and oxygen atoms in total. The van der Waals surface area contributed by atoms with E-state index in [0.717, 1.165) is 24.0 Å². The van der Waals surface area contributed by atoms with Crippen molar-refractivity contribution in [2.45, 2.75) is 32.7 Å². The summed E-state index contributed by atoms with van der Waals surface area (Å²) < 4.78 is 2.12. The van der Waals surface area contributed by atoms with Crippen LogP contribution in [-0.4, -0.2) is 9.55 Å². The molecule has 0 bridgehead atoms. The van der Waals surface area contributed by atoms with E-state index in [4.69, 9.17) is 5.73 Å². The maximum Gasteiger partial charge on any atom is 0.201 e. The van der Waals surface area contributed by atoms with Crippen LogP contribution in [0.2, 0.25) is 0 Å². The number of aromatic nitrogens is 2. The Morgan fingerprint density at radius 3 is 2.67 bits per heavy atom. The second kappa shape index (κ2) is 5.60. The average Bonchev–Trinajstić information content (AvgIpc) is 2.80. The van der Waals surface area contributed by atoms with E-state index >= 15 is 0 Å². The molecule has 1 aromatic heterocycles. The Hall–Kier alpha value is -2.29. The molecule has 0 amide bonds. The second-order valence-electron chi connectivity index (χ2n) is 5.71. The third-order valence-electron chi connectivity index (χ3n) is 4.09. The summed E-state index contributed by atoms with van der Waals surface area (Å²) in [5.41, 5.74) is 10.8. The molecule has 1 atom stereocenters. The van der Waals surface area contributed by atoms with Gasteiger partial charge < -0.3 is 10.3 Å². The fourth-order valence-corrected chi connectivity index (χ4v) is 2.76. The Kier molecular flexibility index (Phi) is 3.65. The molecule has 0 spiro atoms. The molecule has 0 saturated heterocycles. The van der Waals surface area contributed by atoms with Gasteiger partial charge in [-0.3, -0.25) is 0 Å². The third-order valence-corrected chi connectivity index (χ3v) is 4.09. The molecule has 2 aromatic carbocycles. The third kappa shape index (κ3) is 2.77. The highest BCUT2D eigenvalue weighted by Crippen LogP contribution is 2.23. The average molecular weight is 279 g/mol. The van der Waals surface area contributed by atoms with Gasteiger partial charge in [0.05, 0.1) is 11.0 Å². The highest BCUT2D eigenvalue weighted by molar-refractivity contribution is 5.79. The predicted molar refractivity (Wildman–Crippen MR) is 88.4 cm³/mol. The van der Waals surface area contributed by atoms with Gasteiger partial charge in [0.1, 0.15) is 0 Å². The van der Waals surface area contributed by atoms with Crippen molar-refractivity contribution in [2.75, 3.05) is 5.73 Å².